The van der Waals surface area contributed by atoms with Gasteiger partial charge in [-0.2, -0.15) is 0 Å². The van der Waals surface area contributed by atoms with Crippen LogP contribution in [0, 0.1) is 0 Å². The molecule has 4 amide bonds. The Morgan fingerprint density at radius 2 is 1.72 bits per heavy atom. The van der Waals surface area contributed by atoms with Gasteiger partial charge in [0.25, 0.3) is 11.8 Å². The molecule has 1 aromatic carbocycles. The van der Waals surface area contributed by atoms with E-state index in [1.54, 1.807) is 73.7 Å². The summed E-state index contributed by atoms with van der Waals surface area (Å²) in [5.74, 6) is 4.21. The summed E-state index contributed by atoms with van der Waals surface area (Å²) in [6.07, 6.45) is 7.29. The Morgan fingerprint density at radius 1 is 1.08 bits per heavy atom. The zero-order valence-electron chi connectivity index (χ0n) is 42.8. The molecular formula is C50H73ClN6O12S2. The number of likely N-dealkylation sites (N-methyl/N-ethyl adjacent to an activating group) is 1. The number of nitrogens with zero attached hydrogens (tertiary/aromatic N) is 4. The molecule has 1 saturated heterocycles. The number of rotatable bonds is 18. The number of hydrazine groups is 1. The molecule has 71 heavy (non-hydrogen) atoms. The van der Waals surface area contributed by atoms with E-state index < -0.39 is 70.8 Å². The molecule has 0 aromatic heterocycles. The predicted molar refractivity (Wildman–Crippen MR) is 276 cm³/mol. The molecule has 1 aromatic rings. The Morgan fingerprint density at radius 3 is 2.34 bits per heavy atom. The van der Waals surface area contributed by atoms with Gasteiger partial charge in [0, 0.05) is 81.4 Å². The highest BCUT2D eigenvalue weighted by molar-refractivity contribution is 8.77. The molecule has 5 rings (SSSR count). The summed E-state index contributed by atoms with van der Waals surface area (Å²) in [4.78, 5) is 81.9. The lowest BCUT2D eigenvalue weighted by Crippen LogP contribution is -2.69. The Bertz CT molecular complexity index is 2250. The molecule has 0 aliphatic carbocycles. The number of carbonyl (C=O) groups excluding carboxylic acids is 6. The number of esters is 2. The number of fused-ring (bicyclic) bond motifs is 9. The normalized spacial score (nSPS) is 27.1. The van der Waals surface area contributed by atoms with Gasteiger partial charge in [-0.15, -0.1) is 0 Å². The quantitative estimate of drug-likeness (QED) is 0.0354. The minimum absolute atomic E-state index is 0.0422. The fourth-order valence-corrected chi connectivity index (χ4v) is 11.5. The Balaban J connectivity index is 1.44. The van der Waals surface area contributed by atoms with E-state index in [0.717, 1.165) is 34.6 Å². The zero-order chi connectivity index (χ0) is 53.2. The summed E-state index contributed by atoms with van der Waals surface area (Å²) >= 11 is 6.81. The molecule has 4 bridgehead atoms. The first-order valence-corrected chi connectivity index (χ1v) is 26.2. The Labute approximate surface area is 430 Å². The number of ether oxygens (including phenoxy) is 4. The number of nitrogens with two attached hydrogens (primary N) is 2. The number of hydrogen-bond acceptors (Lipinski definition) is 17. The van der Waals surface area contributed by atoms with Crippen LogP contribution in [-0.2, 0) is 49.4 Å². The molecule has 0 radical (unpaired) electrons. The first-order valence-electron chi connectivity index (χ1n) is 23.5. The summed E-state index contributed by atoms with van der Waals surface area (Å²) in [5, 5.41) is 24.3. The van der Waals surface area contributed by atoms with Crippen LogP contribution in [0.2, 0.25) is 5.02 Å². The van der Waals surface area contributed by atoms with E-state index in [9.17, 15) is 39.0 Å². The number of aliphatic hydroxyl groups excluding tert-OH is 1. The van der Waals surface area contributed by atoms with Gasteiger partial charge < -0.3 is 49.7 Å². The molecule has 0 saturated carbocycles. The molecule has 4 aliphatic rings. The van der Waals surface area contributed by atoms with E-state index in [1.807, 2.05) is 20.8 Å². The van der Waals surface area contributed by atoms with Crippen molar-refractivity contribution >= 4 is 74.4 Å². The average molecular weight is 1050 g/mol. The van der Waals surface area contributed by atoms with E-state index >= 15 is 0 Å². The summed E-state index contributed by atoms with van der Waals surface area (Å²) in [6.45, 7) is 14.0. The van der Waals surface area contributed by atoms with Gasteiger partial charge in [-0.25, -0.2) is 10.6 Å². The number of aliphatic hydroxyl groups is 2. The minimum atomic E-state index is -1.78. The molecule has 21 heteroatoms. The standard InChI is InChI=1S/C50H73ClN6O12S2/c1-31-15-14-16-38(59)48(6,65)27-40(67-33(3)58)50(8)30-49(7,69-50)39(26-44(63)55(10)36-24-34(23-31)25-37(66-11)45(36)51)68-46(64)32(2)54(9)41(60)19-20-47(4,5)71-70-22-13-12-21-56(53)28-35(52)29-57-42(61)17-18-43(57)62/h14-18,24-25,28,32,38-40,59,65H,12-13,19-23,26-27,29-30,52-53H2,1-11H3/b16-14+,31-15+,35-28-/t32-,38+,39-,40-,48-,49+,50-/m0/s1. The molecule has 0 spiro atoms. The molecule has 6 N–H and O–H groups in total. The fraction of sp³-hybridized carbons (Fsp3) is 0.600. The zero-order valence-corrected chi connectivity index (χ0v) is 45.2. The topological polar surface area (TPSA) is 245 Å². The van der Waals surface area contributed by atoms with Crippen molar-refractivity contribution in [2.45, 2.75) is 153 Å². The van der Waals surface area contributed by atoms with Crippen molar-refractivity contribution in [1.82, 2.24) is 14.8 Å². The highest BCUT2D eigenvalue weighted by Gasteiger charge is 2.61. The van der Waals surface area contributed by atoms with Crippen LogP contribution >= 0.6 is 33.2 Å². The van der Waals surface area contributed by atoms with Crippen molar-refractivity contribution in [2.24, 2.45) is 11.6 Å². The number of methoxy groups -OCH3 is 1. The third kappa shape index (κ3) is 16.2. The average Bonchev–Trinajstić information content (AvgIpc) is 3.59. The second-order valence-corrected chi connectivity index (χ2v) is 23.4. The third-order valence-electron chi connectivity index (χ3n) is 12.9. The van der Waals surface area contributed by atoms with Crippen LogP contribution in [0.15, 0.2) is 60.0 Å². The van der Waals surface area contributed by atoms with Crippen molar-refractivity contribution < 1.29 is 57.9 Å². The molecule has 7 atom stereocenters. The van der Waals surface area contributed by atoms with E-state index in [2.05, 4.69) is 0 Å². The van der Waals surface area contributed by atoms with E-state index in [0.29, 0.717) is 30.8 Å². The van der Waals surface area contributed by atoms with Gasteiger partial charge in [-0.05, 0) is 91.8 Å². The second kappa shape index (κ2) is 24.9. The lowest BCUT2D eigenvalue weighted by atomic mass is 9.71. The number of allylic oxidation sites excluding steroid dienone is 3. The summed E-state index contributed by atoms with van der Waals surface area (Å²) in [5.41, 5.74) is 3.91. The van der Waals surface area contributed by atoms with Gasteiger partial charge in [0.1, 0.15) is 46.3 Å². The van der Waals surface area contributed by atoms with Crippen LogP contribution in [0.1, 0.15) is 106 Å². The van der Waals surface area contributed by atoms with Crippen molar-refractivity contribution in [3.05, 3.63) is 70.6 Å². The molecule has 394 valence electrons. The number of anilines is 1. The van der Waals surface area contributed by atoms with Crippen LogP contribution in [0.5, 0.6) is 5.75 Å². The summed E-state index contributed by atoms with van der Waals surface area (Å²) in [7, 11) is 7.89. The lowest BCUT2D eigenvalue weighted by molar-refractivity contribution is -0.325. The van der Waals surface area contributed by atoms with Crippen molar-refractivity contribution in [1.29, 1.82) is 0 Å². The van der Waals surface area contributed by atoms with Crippen LogP contribution in [0.3, 0.4) is 0 Å². The van der Waals surface area contributed by atoms with Crippen LogP contribution < -0.4 is 21.2 Å². The van der Waals surface area contributed by atoms with Crippen LogP contribution in [0.25, 0.3) is 0 Å². The number of halogens is 1. The van der Waals surface area contributed by atoms with Gasteiger partial charge in [-0.3, -0.25) is 28.9 Å². The number of hydrogen-bond donors (Lipinski definition) is 4. The van der Waals surface area contributed by atoms with E-state index in [1.165, 1.54) is 67.2 Å². The smallest absolute Gasteiger partial charge is 0.328 e. The largest absolute Gasteiger partial charge is 0.495 e. The maximum Gasteiger partial charge on any atom is 0.328 e. The monoisotopic (exact) mass is 1050 g/mol. The van der Waals surface area contributed by atoms with Gasteiger partial charge in [0.15, 0.2) is 0 Å². The fourth-order valence-electron chi connectivity index (χ4n) is 8.50. The Kier molecular flexibility index (Phi) is 20.7. The number of amides is 4. The number of carbonyl (C=O) groups is 6. The minimum Gasteiger partial charge on any atom is -0.495 e. The number of imide groups is 1. The molecular weight excluding hydrogens is 976 g/mol. The molecule has 1 fully saturated rings. The lowest BCUT2D eigenvalue weighted by Gasteiger charge is -2.58. The van der Waals surface area contributed by atoms with Gasteiger partial charge in [-0.1, -0.05) is 57.0 Å². The number of benzene rings is 1. The highest BCUT2D eigenvalue weighted by atomic mass is 35.5. The SMILES string of the molecule is COc1cc2cc(c1Cl)N(C)C(=O)C[C@H](OC(=O)[C@H](C)N(C)C(=O)CCC(C)(C)SSCCCCN(N)/C=C(\N)CN1C(=O)C=CC1=O)[C@@]1(C)C[C@](C)(O1)[C@@H](OC(C)=O)C[C@](C)(O)[C@H](O)/C=C/C=C(\C)C2. The highest BCUT2D eigenvalue weighted by Crippen LogP contribution is 2.50. The van der Waals surface area contributed by atoms with Crippen LogP contribution in [0.4, 0.5) is 5.69 Å². The maximum atomic E-state index is 14.4. The van der Waals surface area contributed by atoms with Gasteiger partial charge in [0.05, 0.1) is 31.4 Å². The summed E-state index contributed by atoms with van der Waals surface area (Å²) < 4.78 is 23.8. The molecule has 18 nitrogen and oxygen atoms in total. The first kappa shape index (κ1) is 59.0. The van der Waals surface area contributed by atoms with E-state index in [4.69, 9.17) is 42.1 Å². The van der Waals surface area contributed by atoms with Crippen molar-refractivity contribution in [2.75, 3.05) is 44.9 Å². The molecule has 4 aliphatic heterocycles. The summed E-state index contributed by atoms with van der Waals surface area (Å²) in [6, 6.07) is 2.47. The second-order valence-electron chi connectivity index (χ2n) is 19.9. The van der Waals surface area contributed by atoms with Gasteiger partial charge in [0.2, 0.25) is 11.8 Å². The Hall–Kier alpha value is -4.57. The third-order valence-corrected chi connectivity index (χ3v) is 16.7. The molecule has 0 unspecified atom stereocenters. The number of unbranched alkanes of at least 4 members (excludes halogenated alkanes) is 1. The first-order chi connectivity index (χ1) is 33.0. The van der Waals surface area contributed by atoms with E-state index in [-0.39, 0.29) is 53.6 Å². The predicted octanol–water partition coefficient (Wildman–Crippen LogP) is 5.51. The molecule has 4 heterocycles. The maximum absolute atomic E-state index is 14.4. The van der Waals surface area contributed by atoms with Crippen LogP contribution in [-0.4, -0.2) is 147 Å². The van der Waals surface area contributed by atoms with Gasteiger partial charge >= 0.3 is 11.9 Å². The van der Waals surface area contributed by atoms with Crippen molar-refractivity contribution in [3.63, 3.8) is 0 Å². The van der Waals surface area contributed by atoms with Crippen molar-refractivity contribution in [3.8, 4) is 5.75 Å².